The fraction of sp³-hybridized carbons (Fsp3) is 0.600. The summed E-state index contributed by atoms with van der Waals surface area (Å²) in [6, 6.07) is 7.05. The Bertz CT molecular complexity index is 1310. The lowest BCUT2D eigenvalue weighted by atomic mass is 10.1. The number of nitrogens with zero attached hydrogens (tertiary/aromatic N) is 2. The lowest BCUT2D eigenvalue weighted by molar-refractivity contribution is 0.282. The van der Waals surface area contributed by atoms with Crippen LogP contribution in [0.4, 0.5) is 0 Å². The van der Waals surface area contributed by atoms with E-state index in [4.69, 9.17) is 44.6 Å². The van der Waals surface area contributed by atoms with E-state index in [9.17, 15) is 9.59 Å². The molecule has 0 radical (unpaired) electrons. The molecule has 0 fully saturated rings. The molecule has 0 aliphatic rings. The molecule has 12 heteroatoms. The Kier molecular flexibility index (Phi) is 13.8. The van der Waals surface area contributed by atoms with E-state index in [1.807, 2.05) is 0 Å². The molecule has 0 saturated heterocycles. The smallest absolute Gasteiger partial charge is 0.761 e. The molecule has 0 aromatic carbocycles. The van der Waals surface area contributed by atoms with Crippen LogP contribution in [0, 0.1) is 22.7 Å². The van der Waals surface area contributed by atoms with Crippen LogP contribution in [-0.4, -0.2) is 39.8 Å². The predicted molar refractivity (Wildman–Crippen MR) is 180 cm³/mol. The van der Waals surface area contributed by atoms with Gasteiger partial charge in [-0.2, -0.15) is 10.5 Å². The fourth-order valence-electron chi connectivity index (χ4n) is 3.43. The standard InChI is InChI=1S/2C15H24N2O2SSi/c2*1-15(2,3)21(4,5)19-8-6-7-11-9-13(18)17-14(20)12(11)10-16/h2*9H,6-8H2,1-5H3,(H2,17,18,20). The third-order valence-corrected chi connectivity index (χ3v) is 17.8. The van der Waals surface area contributed by atoms with E-state index in [0.717, 1.165) is 12.8 Å². The van der Waals surface area contributed by atoms with Crippen molar-refractivity contribution in [2.24, 2.45) is 0 Å². The molecule has 0 aliphatic carbocycles. The van der Waals surface area contributed by atoms with Gasteiger partial charge in [-0.15, -0.1) is 0 Å². The van der Waals surface area contributed by atoms with Gasteiger partial charge in [-0.3, -0.25) is 9.59 Å². The number of nitriles is 2. The van der Waals surface area contributed by atoms with Gasteiger partial charge in [0.05, 0.1) is 23.3 Å². The van der Waals surface area contributed by atoms with Crippen LogP contribution in [0.15, 0.2) is 31.8 Å². The first-order valence-electron chi connectivity index (χ1n) is 14.1. The van der Waals surface area contributed by atoms with Crippen molar-refractivity contribution in [3.63, 3.8) is 0 Å². The van der Waals surface area contributed by atoms with E-state index in [1.165, 1.54) is 12.1 Å². The highest BCUT2D eigenvalue weighted by Crippen LogP contribution is 2.37. The van der Waals surface area contributed by atoms with Crippen LogP contribution in [0.25, 0.3) is 0 Å². The van der Waals surface area contributed by atoms with Crippen molar-refractivity contribution < 1.29 is 11.7 Å². The van der Waals surface area contributed by atoms with Crippen LogP contribution in [-0.2, 0) is 47.0 Å². The Labute approximate surface area is 267 Å². The Hall–Kier alpha value is -2.33. The van der Waals surface area contributed by atoms with Gasteiger partial charge in [0.2, 0.25) is 11.1 Å². The van der Waals surface area contributed by atoms with E-state index in [0.29, 0.717) is 48.3 Å². The second-order valence-corrected chi connectivity index (χ2v) is 23.8. The van der Waals surface area contributed by atoms with Gasteiger partial charge in [-0.25, -0.2) is 0 Å². The van der Waals surface area contributed by atoms with Gasteiger partial charge in [-0.1, -0.05) is 51.6 Å². The van der Waals surface area contributed by atoms with E-state index < -0.39 is 16.6 Å². The van der Waals surface area contributed by atoms with Crippen molar-refractivity contribution in [1.29, 1.82) is 10.5 Å². The number of aromatic amines is 2. The molecule has 2 aromatic heterocycles. The summed E-state index contributed by atoms with van der Waals surface area (Å²) in [5.74, 6) is 0. The van der Waals surface area contributed by atoms with Gasteiger partial charge in [0.15, 0.2) is 16.6 Å². The normalized spacial score (nSPS) is 12.2. The van der Waals surface area contributed by atoms with Crippen LogP contribution in [0.3, 0.4) is 0 Å². The second kappa shape index (κ2) is 15.4. The average Bonchev–Trinajstić information content (AvgIpc) is 2.83. The molecular formula is C30H48N4O4S2Si2. The van der Waals surface area contributed by atoms with Gasteiger partial charge in [0.25, 0.3) is 0 Å². The maximum Gasteiger partial charge on any atom is 1.00 e. The summed E-state index contributed by atoms with van der Waals surface area (Å²) in [5, 5.41) is 19.1. The van der Waals surface area contributed by atoms with E-state index in [1.54, 1.807) is 0 Å². The Morgan fingerprint density at radius 1 is 0.738 bits per heavy atom. The molecule has 0 amide bonds. The number of hydrogen-bond acceptors (Lipinski definition) is 8. The SMILES string of the molecule is CC(C)(C)[Si](C)(C)OCCCc1cc(=O)[nH]c([S-])c1C#N.CC(C)(C)[Si](C)(C)OCCCc1cc(=O)[nH]c([S-])c1C#N.[H+].[H+]. The molecule has 0 atom stereocenters. The average molecular weight is 649 g/mol. The molecule has 2 heterocycles. The van der Waals surface area contributed by atoms with Crippen molar-refractivity contribution in [1.82, 2.24) is 9.97 Å². The van der Waals surface area contributed by atoms with E-state index in [-0.39, 0.29) is 34.1 Å². The monoisotopic (exact) mass is 648 g/mol. The zero-order chi connectivity index (χ0) is 32.5. The molecule has 2 N–H and O–H groups in total. The maximum atomic E-state index is 11.4. The summed E-state index contributed by atoms with van der Waals surface area (Å²) in [5.41, 5.74) is 1.72. The van der Waals surface area contributed by atoms with E-state index in [2.05, 4.69) is 89.8 Å². The lowest BCUT2D eigenvalue weighted by Gasteiger charge is -2.36. The zero-order valence-corrected chi connectivity index (χ0v) is 30.4. The van der Waals surface area contributed by atoms with Gasteiger partial charge < -0.3 is 44.1 Å². The van der Waals surface area contributed by atoms with Crippen molar-refractivity contribution in [2.45, 2.75) is 114 Å². The third-order valence-electron chi connectivity index (χ3n) is 8.12. The Balaban J connectivity index is 0. The van der Waals surface area contributed by atoms with Gasteiger partial charge in [0, 0.05) is 25.3 Å². The number of aromatic nitrogens is 2. The van der Waals surface area contributed by atoms with Crippen molar-refractivity contribution >= 4 is 41.9 Å². The molecular weight excluding hydrogens is 601 g/mol. The molecule has 42 heavy (non-hydrogen) atoms. The first kappa shape index (κ1) is 37.7. The zero-order valence-electron chi connectivity index (χ0n) is 28.7. The number of aryl methyl sites for hydroxylation is 2. The third kappa shape index (κ3) is 11.1. The number of hydrogen-bond donors (Lipinski definition) is 2. The molecule has 232 valence electrons. The minimum absolute atomic E-state index is 0. The first-order chi connectivity index (χ1) is 19.2. The molecule has 0 saturated carbocycles. The topological polar surface area (TPSA) is 132 Å². The van der Waals surface area contributed by atoms with Crippen LogP contribution in [0.2, 0.25) is 36.3 Å². The summed E-state index contributed by atoms with van der Waals surface area (Å²) in [7, 11) is -3.48. The maximum absolute atomic E-state index is 11.4. The van der Waals surface area contributed by atoms with Crippen molar-refractivity contribution in [3.05, 3.63) is 55.1 Å². The second-order valence-electron chi connectivity index (χ2n) is 13.4. The molecule has 0 unspecified atom stereocenters. The fourth-order valence-corrected chi connectivity index (χ4v) is 6.16. The molecule has 2 aromatic rings. The first-order valence-corrected chi connectivity index (χ1v) is 20.7. The van der Waals surface area contributed by atoms with Gasteiger partial charge in [0.1, 0.15) is 0 Å². The number of rotatable bonds is 10. The molecule has 0 aliphatic heterocycles. The molecule has 2 rings (SSSR count). The Morgan fingerprint density at radius 2 is 1.05 bits per heavy atom. The van der Waals surface area contributed by atoms with E-state index >= 15 is 0 Å². The summed E-state index contributed by atoms with van der Waals surface area (Å²) in [6.07, 6.45) is 2.81. The molecule has 8 nitrogen and oxygen atoms in total. The molecule has 0 bridgehead atoms. The van der Waals surface area contributed by atoms with Crippen LogP contribution >= 0.6 is 0 Å². The summed E-state index contributed by atoms with van der Waals surface area (Å²) >= 11 is 10.0. The summed E-state index contributed by atoms with van der Waals surface area (Å²) in [6.45, 7) is 23.3. The van der Waals surface area contributed by atoms with Gasteiger partial charge >= 0.3 is 2.85 Å². The van der Waals surface area contributed by atoms with Crippen LogP contribution < -0.4 is 11.1 Å². The van der Waals surface area contributed by atoms with Crippen LogP contribution in [0.1, 0.15) is 79.5 Å². The quantitative estimate of drug-likeness (QED) is 0.171. The highest BCUT2D eigenvalue weighted by molar-refractivity contribution is 7.58. The number of nitrogens with one attached hydrogen (secondary N) is 2. The summed E-state index contributed by atoms with van der Waals surface area (Å²) in [4.78, 5) is 27.8. The van der Waals surface area contributed by atoms with Crippen LogP contribution in [0.5, 0.6) is 0 Å². The van der Waals surface area contributed by atoms with Gasteiger partial charge in [-0.05, 0) is 73.1 Å². The largest absolute Gasteiger partial charge is 1.00 e. The number of H-pyrrole nitrogens is 2. The Morgan fingerprint density at radius 3 is 1.31 bits per heavy atom. The highest BCUT2D eigenvalue weighted by atomic mass is 32.1. The lowest BCUT2D eigenvalue weighted by Crippen LogP contribution is -2.41. The summed E-state index contributed by atoms with van der Waals surface area (Å²) < 4.78 is 12.2. The van der Waals surface area contributed by atoms with Crippen molar-refractivity contribution in [2.75, 3.05) is 13.2 Å². The minimum Gasteiger partial charge on any atom is -0.761 e. The highest BCUT2D eigenvalue weighted by Gasteiger charge is 2.37. The minimum atomic E-state index is -1.74. The molecule has 0 spiro atoms. The predicted octanol–water partition coefficient (Wildman–Crippen LogP) is 6.44. The van der Waals surface area contributed by atoms with Crippen molar-refractivity contribution in [3.8, 4) is 12.1 Å². The number of pyridine rings is 2.